The molecule has 0 spiro atoms. The van der Waals surface area contributed by atoms with Crippen LogP contribution in [-0.2, 0) is 17.2 Å². The third kappa shape index (κ3) is 7.25. The van der Waals surface area contributed by atoms with Gasteiger partial charge in [0.2, 0.25) is 0 Å². The number of hydrogen-bond donors (Lipinski definition) is 2. The number of nitrogens with one attached hydrogen (secondary N) is 2. The van der Waals surface area contributed by atoms with E-state index in [9.17, 15) is 22.2 Å². The highest BCUT2D eigenvalue weighted by Gasteiger charge is 2.35. The Morgan fingerprint density at radius 3 is 2.44 bits per heavy atom. The minimum atomic E-state index is -4.61. The van der Waals surface area contributed by atoms with E-state index >= 15 is 4.39 Å². The lowest BCUT2D eigenvalue weighted by Crippen LogP contribution is -2.44. The number of fused-ring (bicyclic) bond motifs is 1. The molecule has 2 saturated heterocycles. The summed E-state index contributed by atoms with van der Waals surface area (Å²) in [6.07, 6.45) is 0.919. The lowest BCUT2D eigenvalue weighted by atomic mass is 10.0. The highest BCUT2D eigenvalue weighted by molar-refractivity contribution is 14.1. The number of pyridine rings is 1. The summed E-state index contributed by atoms with van der Waals surface area (Å²) < 4.78 is 71.2. The average molecular weight is 732 g/mol. The molecule has 1 amide bonds. The molecule has 3 aromatic rings. The molecular formula is C30H34F4IN5O2S. The molecule has 0 bridgehead atoms. The fourth-order valence-electron chi connectivity index (χ4n) is 6.01. The van der Waals surface area contributed by atoms with Crippen LogP contribution in [0.5, 0.6) is 0 Å². The van der Waals surface area contributed by atoms with E-state index in [1.165, 1.54) is 37.3 Å². The molecule has 1 unspecified atom stereocenters. The van der Waals surface area contributed by atoms with Gasteiger partial charge < -0.3 is 19.8 Å². The van der Waals surface area contributed by atoms with Crippen molar-refractivity contribution in [3.63, 3.8) is 0 Å². The van der Waals surface area contributed by atoms with Crippen molar-refractivity contribution in [3.05, 3.63) is 64.6 Å². The summed E-state index contributed by atoms with van der Waals surface area (Å²) in [5.74, 6) is -1.03. The first kappa shape index (κ1) is 31.9. The fourth-order valence-corrected chi connectivity index (χ4v) is 7.24. The topological polar surface area (TPSA) is 77.6 Å². The summed E-state index contributed by atoms with van der Waals surface area (Å²) in [5.41, 5.74) is 1.21. The van der Waals surface area contributed by atoms with Crippen LogP contribution in [0, 0.1) is 12.7 Å². The van der Waals surface area contributed by atoms with Crippen LogP contribution < -0.4 is 14.9 Å². The van der Waals surface area contributed by atoms with Crippen LogP contribution in [0.25, 0.3) is 10.9 Å². The van der Waals surface area contributed by atoms with Crippen LogP contribution in [0.4, 0.5) is 28.9 Å². The number of halogens is 5. The molecule has 5 rings (SSSR count). The maximum atomic E-state index is 15.1. The second kappa shape index (κ2) is 13.2. The molecule has 2 aromatic carbocycles. The standard InChI is InChI=1S/C30H34F4IN5O2S/c1-18-13-21(23(31)15-25(18)38-43(2)42)26(17-35)37-29(41)19-5-6-24-22(14-19)27(16-28(36-24)30(32,33)34)40-11-7-20(8-12-40)39-9-3-4-10-39/h5-6,13-16,20,26,38H,3-4,7-12,17H2,1-2H3,(H,37,41)/t26-,43?/m1/s1. The van der Waals surface area contributed by atoms with E-state index in [4.69, 9.17) is 0 Å². The largest absolute Gasteiger partial charge is 0.433 e. The smallest absolute Gasteiger partial charge is 0.371 e. The van der Waals surface area contributed by atoms with Crippen LogP contribution >= 0.6 is 22.6 Å². The maximum absolute atomic E-state index is 15.1. The molecule has 13 heteroatoms. The Morgan fingerprint density at radius 1 is 1.12 bits per heavy atom. The Kier molecular flexibility index (Phi) is 9.81. The zero-order valence-electron chi connectivity index (χ0n) is 23.9. The summed E-state index contributed by atoms with van der Waals surface area (Å²) in [6, 6.07) is 8.19. The molecule has 3 heterocycles. The van der Waals surface area contributed by atoms with E-state index in [0.29, 0.717) is 45.9 Å². The molecular weight excluding hydrogens is 697 g/mol. The fraction of sp³-hybridized carbons (Fsp3) is 0.467. The van der Waals surface area contributed by atoms with Gasteiger partial charge in [0, 0.05) is 52.0 Å². The zero-order valence-corrected chi connectivity index (χ0v) is 26.9. The summed E-state index contributed by atoms with van der Waals surface area (Å²) >= 11 is 2.07. The number of carbonyl (C=O) groups excluding carboxylic acids is 1. The first-order valence-electron chi connectivity index (χ1n) is 14.2. The van der Waals surface area contributed by atoms with Gasteiger partial charge in [0.25, 0.3) is 5.91 Å². The van der Waals surface area contributed by atoms with Crippen molar-refractivity contribution in [3.8, 4) is 0 Å². The first-order chi connectivity index (χ1) is 20.4. The number of piperidine rings is 1. The Morgan fingerprint density at radius 2 is 1.81 bits per heavy atom. The molecule has 2 fully saturated rings. The Hall–Kier alpha value is -2.52. The van der Waals surface area contributed by atoms with E-state index in [2.05, 4.69) is 42.5 Å². The number of carbonyl (C=O) groups is 1. The van der Waals surface area contributed by atoms with Crippen molar-refractivity contribution in [1.29, 1.82) is 0 Å². The lowest BCUT2D eigenvalue weighted by Gasteiger charge is -2.38. The minimum absolute atomic E-state index is 0.159. The molecule has 232 valence electrons. The quantitative estimate of drug-likeness (QED) is 0.160. The number of likely N-dealkylation sites (tertiary alicyclic amines) is 1. The van der Waals surface area contributed by atoms with Gasteiger partial charge in [-0.3, -0.25) is 4.79 Å². The van der Waals surface area contributed by atoms with Gasteiger partial charge in [0.05, 0.1) is 17.2 Å². The van der Waals surface area contributed by atoms with Gasteiger partial charge in [-0.1, -0.05) is 22.6 Å². The molecule has 7 nitrogen and oxygen atoms in total. The van der Waals surface area contributed by atoms with Crippen molar-refractivity contribution in [2.75, 3.05) is 46.5 Å². The SMILES string of the molecule is Cc1cc([C@@H](CI)NC(=O)c2ccc3nc(C(F)(F)F)cc(N4CCC(N5CCCC5)CC4)c3c2)c(F)cc1NS(C)=O. The number of anilines is 2. The number of rotatable bonds is 8. The number of hydrogen-bond acceptors (Lipinski definition) is 5. The first-order valence-corrected chi connectivity index (χ1v) is 17.3. The van der Waals surface area contributed by atoms with Gasteiger partial charge in [-0.25, -0.2) is 13.6 Å². The van der Waals surface area contributed by atoms with Gasteiger partial charge in [-0.15, -0.1) is 0 Å². The van der Waals surface area contributed by atoms with E-state index in [-0.39, 0.29) is 16.6 Å². The zero-order chi connectivity index (χ0) is 30.9. The predicted octanol–water partition coefficient (Wildman–Crippen LogP) is 6.38. The number of aryl methyl sites for hydroxylation is 1. The average Bonchev–Trinajstić information content (AvgIpc) is 3.51. The molecule has 43 heavy (non-hydrogen) atoms. The molecule has 1 aromatic heterocycles. The number of nitrogens with zero attached hydrogens (tertiary/aromatic N) is 3. The molecule has 2 N–H and O–H groups in total. The molecule has 2 aliphatic heterocycles. The summed E-state index contributed by atoms with van der Waals surface area (Å²) in [6.45, 7) is 5.12. The maximum Gasteiger partial charge on any atom is 0.433 e. The van der Waals surface area contributed by atoms with Gasteiger partial charge in [-0.05, 0) is 87.7 Å². The van der Waals surface area contributed by atoms with Crippen molar-refractivity contribution < 1.29 is 26.6 Å². The van der Waals surface area contributed by atoms with Crippen LogP contribution in [0.2, 0.25) is 0 Å². The summed E-state index contributed by atoms with van der Waals surface area (Å²) in [4.78, 5) is 21.8. The molecule has 2 aliphatic rings. The monoisotopic (exact) mass is 731 g/mol. The Balaban J connectivity index is 1.43. The number of benzene rings is 2. The van der Waals surface area contributed by atoms with E-state index < -0.39 is 40.6 Å². The number of amides is 1. The van der Waals surface area contributed by atoms with Crippen LogP contribution in [0.15, 0.2) is 36.4 Å². The van der Waals surface area contributed by atoms with Crippen LogP contribution in [0.3, 0.4) is 0 Å². The lowest BCUT2D eigenvalue weighted by molar-refractivity contribution is -0.140. The van der Waals surface area contributed by atoms with Gasteiger partial charge >= 0.3 is 6.18 Å². The van der Waals surface area contributed by atoms with Crippen LogP contribution in [-0.4, -0.2) is 62.9 Å². The number of alkyl halides is 4. The Bertz CT molecular complexity index is 1520. The summed E-state index contributed by atoms with van der Waals surface area (Å²) in [5, 5.41) is 3.35. The second-order valence-electron chi connectivity index (χ2n) is 11.1. The highest BCUT2D eigenvalue weighted by atomic mass is 127. The van der Waals surface area contributed by atoms with Crippen molar-refractivity contribution in [1.82, 2.24) is 15.2 Å². The van der Waals surface area contributed by atoms with Crippen molar-refractivity contribution in [2.45, 2.75) is 50.9 Å². The van der Waals surface area contributed by atoms with E-state index in [0.717, 1.165) is 32.0 Å². The third-order valence-electron chi connectivity index (χ3n) is 8.23. The number of aromatic nitrogens is 1. The van der Waals surface area contributed by atoms with Crippen LogP contribution in [0.1, 0.15) is 58.9 Å². The molecule has 2 atom stereocenters. The normalized spacial score (nSPS) is 18.2. The minimum Gasteiger partial charge on any atom is -0.371 e. The van der Waals surface area contributed by atoms with E-state index in [1.807, 2.05) is 4.90 Å². The summed E-state index contributed by atoms with van der Waals surface area (Å²) in [7, 11) is -1.37. The van der Waals surface area contributed by atoms with Gasteiger partial charge in [0.1, 0.15) is 22.5 Å². The second-order valence-corrected chi connectivity index (χ2v) is 13.1. The molecule has 0 aliphatic carbocycles. The van der Waals surface area contributed by atoms with Gasteiger partial charge in [-0.2, -0.15) is 13.2 Å². The van der Waals surface area contributed by atoms with Gasteiger partial charge in [0.15, 0.2) is 0 Å². The predicted molar refractivity (Wildman–Crippen MR) is 171 cm³/mol. The van der Waals surface area contributed by atoms with E-state index in [1.54, 1.807) is 19.1 Å². The molecule has 0 radical (unpaired) electrons. The Labute approximate surface area is 264 Å². The van der Waals surface area contributed by atoms with Crippen molar-refractivity contribution >= 4 is 61.8 Å². The third-order valence-corrected chi connectivity index (χ3v) is 9.62. The highest BCUT2D eigenvalue weighted by Crippen LogP contribution is 2.37. The molecule has 0 saturated carbocycles. The van der Waals surface area contributed by atoms with Crippen molar-refractivity contribution in [2.24, 2.45) is 0 Å².